The summed E-state index contributed by atoms with van der Waals surface area (Å²) in [7, 11) is 0. The topological polar surface area (TPSA) is 67.2 Å². The summed E-state index contributed by atoms with van der Waals surface area (Å²) in [5.41, 5.74) is 6.08. The van der Waals surface area contributed by atoms with E-state index in [-0.39, 0.29) is 11.8 Å². The summed E-state index contributed by atoms with van der Waals surface area (Å²) in [6, 6.07) is 36.2. The summed E-state index contributed by atoms with van der Waals surface area (Å²) in [6.45, 7) is 1.65. The van der Waals surface area contributed by atoms with Crippen LogP contribution >= 0.6 is 0 Å². The molecular formula is C32H28N4O2. The van der Waals surface area contributed by atoms with E-state index in [4.69, 9.17) is 4.98 Å². The number of carbonyl (C=O) groups excluding carboxylic acids is 2. The molecule has 1 atom stereocenters. The molecule has 0 bridgehead atoms. The fourth-order valence-electron chi connectivity index (χ4n) is 5.09. The summed E-state index contributed by atoms with van der Waals surface area (Å²) in [5, 5.41) is 2.96. The first-order valence-electron chi connectivity index (χ1n) is 12.9. The smallest absolute Gasteiger partial charge is 0.239 e. The number of hydrogen-bond acceptors (Lipinski definition) is 3. The second kappa shape index (κ2) is 10.3. The van der Waals surface area contributed by atoms with Gasteiger partial charge in [-0.25, -0.2) is 4.98 Å². The van der Waals surface area contributed by atoms with Crippen molar-refractivity contribution in [1.82, 2.24) is 14.9 Å². The van der Waals surface area contributed by atoms with Gasteiger partial charge in [-0.05, 0) is 41.8 Å². The second-order valence-electron chi connectivity index (χ2n) is 9.58. The minimum Gasteiger partial charge on any atom is -0.351 e. The van der Waals surface area contributed by atoms with Gasteiger partial charge in [0, 0.05) is 30.9 Å². The van der Waals surface area contributed by atoms with E-state index < -0.39 is 5.92 Å². The molecule has 6 rings (SSSR count). The second-order valence-corrected chi connectivity index (χ2v) is 9.58. The third-order valence-corrected chi connectivity index (χ3v) is 7.11. The van der Waals surface area contributed by atoms with Crippen LogP contribution in [0.1, 0.15) is 17.5 Å². The third kappa shape index (κ3) is 4.68. The number of benzene rings is 4. The Kier molecular flexibility index (Phi) is 6.44. The van der Waals surface area contributed by atoms with Gasteiger partial charge < -0.3 is 14.8 Å². The van der Waals surface area contributed by atoms with E-state index in [1.54, 1.807) is 4.90 Å². The molecule has 0 aliphatic carbocycles. The van der Waals surface area contributed by atoms with Gasteiger partial charge in [0.25, 0.3) is 0 Å². The maximum Gasteiger partial charge on any atom is 0.239 e. The Morgan fingerprint density at radius 1 is 0.816 bits per heavy atom. The molecule has 1 N–H and O–H groups in total. The predicted octanol–water partition coefficient (Wildman–Crippen LogP) is 5.42. The van der Waals surface area contributed by atoms with E-state index in [2.05, 4.69) is 40.2 Å². The Labute approximate surface area is 221 Å². The van der Waals surface area contributed by atoms with Gasteiger partial charge in [-0.15, -0.1) is 0 Å². The van der Waals surface area contributed by atoms with E-state index in [9.17, 15) is 9.59 Å². The van der Waals surface area contributed by atoms with Crippen molar-refractivity contribution < 1.29 is 9.59 Å². The lowest BCUT2D eigenvalue weighted by atomic mass is 10.1. The van der Waals surface area contributed by atoms with Crippen LogP contribution in [0.15, 0.2) is 109 Å². The van der Waals surface area contributed by atoms with Crippen molar-refractivity contribution in [2.75, 3.05) is 11.4 Å². The molecule has 1 unspecified atom stereocenters. The van der Waals surface area contributed by atoms with Gasteiger partial charge in [-0.2, -0.15) is 0 Å². The Balaban J connectivity index is 1.16. The van der Waals surface area contributed by atoms with Gasteiger partial charge in [0.05, 0.1) is 11.0 Å². The van der Waals surface area contributed by atoms with Crippen LogP contribution in [0.5, 0.6) is 0 Å². The summed E-state index contributed by atoms with van der Waals surface area (Å²) in [5.74, 6) is -0.0981. The Morgan fingerprint density at radius 3 is 2.26 bits per heavy atom. The lowest BCUT2D eigenvalue weighted by Gasteiger charge is -2.16. The minimum atomic E-state index is -0.646. The van der Waals surface area contributed by atoms with Gasteiger partial charge >= 0.3 is 0 Å². The number of para-hydroxylation sites is 3. The quantitative estimate of drug-likeness (QED) is 0.304. The fraction of sp³-hybridized carbons (Fsp3) is 0.156. The average Bonchev–Trinajstić information content (AvgIpc) is 3.53. The zero-order chi connectivity index (χ0) is 25.9. The molecule has 1 fully saturated rings. The van der Waals surface area contributed by atoms with E-state index in [1.807, 2.05) is 78.9 Å². The molecule has 1 aliphatic rings. The number of nitrogens with zero attached hydrogens (tertiary/aromatic N) is 3. The molecule has 0 spiro atoms. The molecule has 2 heterocycles. The van der Waals surface area contributed by atoms with Crippen LogP contribution in [0.4, 0.5) is 5.69 Å². The first-order valence-corrected chi connectivity index (χ1v) is 12.9. The summed E-state index contributed by atoms with van der Waals surface area (Å²) >= 11 is 0. The van der Waals surface area contributed by atoms with Gasteiger partial charge in [0.1, 0.15) is 11.7 Å². The van der Waals surface area contributed by atoms with Crippen LogP contribution in [0, 0.1) is 5.92 Å². The first kappa shape index (κ1) is 23.7. The molecule has 38 heavy (non-hydrogen) atoms. The highest BCUT2D eigenvalue weighted by atomic mass is 16.2. The van der Waals surface area contributed by atoms with Crippen molar-refractivity contribution in [1.29, 1.82) is 0 Å². The molecule has 5 aromatic rings. The number of imidazole rings is 1. The number of aromatic nitrogens is 2. The van der Waals surface area contributed by atoms with E-state index in [0.29, 0.717) is 19.5 Å². The van der Waals surface area contributed by atoms with E-state index >= 15 is 0 Å². The lowest BCUT2D eigenvalue weighted by Crippen LogP contribution is -2.36. The van der Waals surface area contributed by atoms with Gasteiger partial charge in [0.15, 0.2) is 0 Å². The van der Waals surface area contributed by atoms with Crippen molar-refractivity contribution >= 4 is 28.5 Å². The van der Waals surface area contributed by atoms with Crippen LogP contribution in [0.25, 0.3) is 22.4 Å². The molecule has 0 saturated carbocycles. The Morgan fingerprint density at radius 2 is 1.50 bits per heavy atom. The Bertz CT molecular complexity index is 1580. The summed E-state index contributed by atoms with van der Waals surface area (Å²) in [4.78, 5) is 32.3. The standard InChI is InChI=1S/C32H28N4O2/c37-31(27-19-20-35(32(27)38)26-11-5-2-6-12-26)33-21-23-15-17-25(18-16-23)30-34-28-13-7-8-14-29(28)36(30)22-24-9-3-1-4-10-24/h1-18,27H,19-22H2,(H,33,37). The first-order chi connectivity index (χ1) is 18.7. The number of fused-ring (bicyclic) bond motifs is 1. The third-order valence-electron chi connectivity index (χ3n) is 7.11. The maximum absolute atomic E-state index is 12.9. The number of amides is 2. The van der Waals surface area contributed by atoms with Crippen LogP contribution in [-0.2, 0) is 22.7 Å². The fourth-order valence-corrected chi connectivity index (χ4v) is 5.09. The van der Waals surface area contributed by atoms with Crippen molar-refractivity contribution in [3.63, 3.8) is 0 Å². The number of anilines is 1. The van der Waals surface area contributed by atoms with Crippen LogP contribution in [-0.4, -0.2) is 27.9 Å². The molecule has 1 aliphatic heterocycles. The molecule has 1 saturated heterocycles. The van der Waals surface area contributed by atoms with Crippen molar-refractivity contribution in [3.8, 4) is 11.4 Å². The number of nitrogens with one attached hydrogen (secondary N) is 1. The number of hydrogen-bond donors (Lipinski definition) is 1. The molecule has 188 valence electrons. The van der Waals surface area contributed by atoms with Crippen LogP contribution in [0.2, 0.25) is 0 Å². The predicted molar refractivity (Wildman–Crippen MR) is 149 cm³/mol. The van der Waals surface area contributed by atoms with Crippen LogP contribution in [0.3, 0.4) is 0 Å². The molecule has 1 aromatic heterocycles. The lowest BCUT2D eigenvalue weighted by molar-refractivity contribution is -0.132. The SMILES string of the molecule is O=C(NCc1ccc(-c2nc3ccccc3n2Cc2ccccc2)cc1)C1CCN(c2ccccc2)C1=O. The molecule has 0 radical (unpaired) electrons. The Hall–Kier alpha value is -4.71. The van der Waals surface area contributed by atoms with Gasteiger partial charge in [0.2, 0.25) is 11.8 Å². The zero-order valence-corrected chi connectivity index (χ0v) is 21.0. The minimum absolute atomic E-state index is 0.138. The van der Waals surface area contributed by atoms with E-state index in [0.717, 1.165) is 40.2 Å². The zero-order valence-electron chi connectivity index (χ0n) is 21.0. The van der Waals surface area contributed by atoms with Gasteiger partial charge in [-0.3, -0.25) is 9.59 Å². The van der Waals surface area contributed by atoms with Crippen molar-refractivity contribution in [2.45, 2.75) is 19.5 Å². The maximum atomic E-state index is 12.9. The molecular weight excluding hydrogens is 472 g/mol. The number of rotatable bonds is 7. The highest BCUT2D eigenvalue weighted by Gasteiger charge is 2.37. The largest absolute Gasteiger partial charge is 0.351 e. The highest BCUT2D eigenvalue weighted by molar-refractivity contribution is 6.09. The van der Waals surface area contributed by atoms with Gasteiger partial charge in [-0.1, -0.05) is 84.9 Å². The molecule has 4 aromatic carbocycles. The number of carbonyl (C=O) groups is 2. The monoisotopic (exact) mass is 500 g/mol. The normalized spacial score (nSPS) is 15.2. The average molecular weight is 501 g/mol. The summed E-state index contributed by atoms with van der Waals surface area (Å²) in [6.07, 6.45) is 0.524. The molecule has 6 nitrogen and oxygen atoms in total. The van der Waals surface area contributed by atoms with Crippen molar-refractivity contribution in [2.24, 2.45) is 5.92 Å². The highest BCUT2D eigenvalue weighted by Crippen LogP contribution is 2.27. The van der Waals surface area contributed by atoms with Crippen LogP contribution < -0.4 is 10.2 Å². The van der Waals surface area contributed by atoms with Crippen molar-refractivity contribution in [3.05, 3.63) is 120 Å². The van der Waals surface area contributed by atoms with E-state index in [1.165, 1.54) is 5.56 Å². The summed E-state index contributed by atoms with van der Waals surface area (Å²) < 4.78 is 2.24. The molecule has 2 amide bonds. The molecule has 6 heteroatoms.